The van der Waals surface area contributed by atoms with E-state index in [0.717, 1.165) is 23.5 Å². The minimum Gasteiger partial charge on any atom is -0.381 e. The van der Waals surface area contributed by atoms with Crippen LogP contribution < -0.4 is 5.32 Å². The molecule has 0 saturated carbocycles. The van der Waals surface area contributed by atoms with Gasteiger partial charge in [-0.15, -0.1) is 5.10 Å². The van der Waals surface area contributed by atoms with Crippen LogP contribution in [-0.2, 0) is 6.54 Å². The third kappa shape index (κ3) is 2.91. The second-order valence-electron chi connectivity index (χ2n) is 5.04. The Morgan fingerprint density at radius 3 is 2.62 bits per heavy atom. The fourth-order valence-electron chi connectivity index (χ4n) is 2.30. The summed E-state index contributed by atoms with van der Waals surface area (Å²) in [6, 6.07) is 14.6. The van der Waals surface area contributed by atoms with E-state index in [1.165, 1.54) is 11.1 Å². The number of hydrogen-bond donors (Lipinski definition) is 1. The first-order chi connectivity index (χ1) is 10.2. The maximum atomic E-state index is 3.92. The molecular weight excluding hydrogens is 262 g/mol. The molecule has 0 aliphatic rings. The lowest BCUT2D eigenvalue weighted by Gasteiger charge is -2.11. The molecule has 0 fully saturated rings. The maximum absolute atomic E-state index is 3.92. The second-order valence-corrected chi connectivity index (χ2v) is 5.04. The minimum absolute atomic E-state index is 0.816. The SMILES string of the molecule is Cc1ccccc1CNc1ccc(-n2cnnn2)c(C)c1. The molecule has 0 aliphatic heterocycles. The van der Waals surface area contributed by atoms with Crippen LogP contribution in [0.1, 0.15) is 16.7 Å². The van der Waals surface area contributed by atoms with E-state index < -0.39 is 0 Å². The van der Waals surface area contributed by atoms with Crippen molar-refractivity contribution in [3.05, 3.63) is 65.5 Å². The molecule has 5 nitrogen and oxygen atoms in total. The van der Waals surface area contributed by atoms with Crippen LogP contribution in [0.3, 0.4) is 0 Å². The van der Waals surface area contributed by atoms with Gasteiger partial charge in [-0.3, -0.25) is 0 Å². The summed E-state index contributed by atoms with van der Waals surface area (Å²) < 4.78 is 1.67. The van der Waals surface area contributed by atoms with Gasteiger partial charge in [-0.05, 0) is 59.2 Å². The Morgan fingerprint density at radius 1 is 1.05 bits per heavy atom. The van der Waals surface area contributed by atoms with E-state index in [1.807, 2.05) is 12.1 Å². The first kappa shape index (κ1) is 13.3. The number of rotatable bonds is 4. The van der Waals surface area contributed by atoms with Crippen LogP contribution in [0.25, 0.3) is 5.69 Å². The highest BCUT2D eigenvalue weighted by Crippen LogP contribution is 2.19. The molecule has 1 N–H and O–H groups in total. The van der Waals surface area contributed by atoms with Crippen molar-refractivity contribution < 1.29 is 0 Å². The predicted octanol–water partition coefficient (Wildman–Crippen LogP) is 2.89. The zero-order chi connectivity index (χ0) is 14.7. The number of nitrogens with one attached hydrogen (secondary N) is 1. The van der Waals surface area contributed by atoms with Crippen molar-refractivity contribution in [2.45, 2.75) is 20.4 Å². The molecule has 0 unspecified atom stereocenters. The average Bonchev–Trinajstić information content (AvgIpc) is 3.00. The van der Waals surface area contributed by atoms with Gasteiger partial charge in [-0.1, -0.05) is 24.3 Å². The summed E-state index contributed by atoms with van der Waals surface area (Å²) in [5.74, 6) is 0. The molecule has 0 aliphatic carbocycles. The van der Waals surface area contributed by atoms with E-state index in [-0.39, 0.29) is 0 Å². The van der Waals surface area contributed by atoms with Crippen LogP contribution in [-0.4, -0.2) is 20.2 Å². The molecule has 2 aromatic carbocycles. The molecule has 0 atom stereocenters. The maximum Gasteiger partial charge on any atom is 0.143 e. The van der Waals surface area contributed by atoms with Gasteiger partial charge >= 0.3 is 0 Å². The summed E-state index contributed by atoms with van der Waals surface area (Å²) in [5, 5.41) is 14.7. The van der Waals surface area contributed by atoms with Gasteiger partial charge in [0.2, 0.25) is 0 Å². The fourth-order valence-corrected chi connectivity index (χ4v) is 2.30. The minimum atomic E-state index is 0.816. The van der Waals surface area contributed by atoms with Crippen molar-refractivity contribution in [3.63, 3.8) is 0 Å². The van der Waals surface area contributed by atoms with E-state index in [9.17, 15) is 0 Å². The molecule has 5 heteroatoms. The third-order valence-corrected chi connectivity index (χ3v) is 3.54. The molecule has 0 amide bonds. The van der Waals surface area contributed by atoms with Gasteiger partial charge in [0.25, 0.3) is 0 Å². The number of hydrogen-bond acceptors (Lipinski definition) is 4. The van der Waals surface area contributed by atoms with E-state index in [4.69, 9.17) is 0 Å². The Kier molecular flexibility index (Phi) is 3.64. The zero-order valence-corrected chi connectivity index (χ0v) is 12.1. The van der Waals surface area contributed by atoms with Crippen LogP contribution in [0, 0.1) is 13.8 Å². The Labute approximate surface area is 123 Å². The molecule has 3 rings (SSSR count). The number of tetrazole rings is 1. The van der Waals surface area contributed by atoms with Gasteiger partial charge < -0.3 is 5.32 Å². The Bertz CT molecular complexity index is 734. The molecule has 0 spiro atoms. The fraction of sp³-hybridized carbons (Fsp3) is 0.188. The lowest BCUT2D eigenvalue weighted by Crippen LogP contribution is -2.03. The van der Waals surface area contributed by atoms with Gasteiger partial charge in [-0.2, -0.15) is 0 Å². The molecule has 3 aromatic rings. The average molecular weight is 279 g/mol. The van der Waals surface area contributed by atoms with Crippen molar-refractivity contribution >= 4 is 5.69 Å². The third-order valence-electron chi connectivity index (χ3n) is 3.54. The van der Waals surface area contributed by atoms with Crippen LogP contribution in [0.4, 0.5) is 5.69 Å². The largest absolute Gasteiger partial charge is 0.381 e. The monoisotopic (exact) mass is 279 g/mol. The van der Waals surface area contributed by atoms with Gasteiger partial charge in [-0.25, -0.2) is 4.68 Å². The molecule has 0 bridgehead atoms. The van der Waals surface area contributed by atoms with E-state index in [2.05, 4.69) is 65.0 Å². The molecule has 21 heavy (non-hydrogen) atoms. The Morgan fingerprint density at radius 2 is 1.90 bits per heavy atom. The van der Waals surface area contributed by atoms with E-state index in [0.29, 0.717) is 0 Å². The van der Waals surface area contributed by atoms with Crippen LogP contribution in [0.15, 0.2) is 48.8 Å². The summed E-state index contributed by atoms with van der Waals surface area (Å²) in [4.78, 5) is 0. The Hall–Kier alpha value is -2.69. The van der Waals surface area contributed by atoms with Crippen molar-refractivity contribution in [1.82, 2.24) is 20.2 Å². The zero-order valence-electron chi connectivity index (χ0n) is 12.1. The number of benzene rings is 2. The molecule has 0 saturated heterocycles. The van der Waals surface area contributed by atoms with Crippen LogP contribution >= 0.6 is 0 Å². The normalized spacial score (nSPS) is 10.6. The first-order valence-corrected chi connectivity index (χ1v) is 6.86. The van der Waals surface area contributed by atoms with Gasteiger partial charge in [0, 0.05) is 12.2 Å². The van der Waals surface area contributed by atoms with E-state index in [1.54, 1.807) is 11.0 Å². The summed E-state index contributed by atoms with van der Waals surface area (Å²) in [5.41, 5.74) is 5.80. The summed E-state index contributed by atoms with van der Waals surface area (Å²) in [6.07, 6.45) is 1.60. The number of anilines is 1. The summed E-state index contributed by atoms with van der Waals surface area (Å²) >= 11 is 0. The summed E-state index contributed by atoms with van der Waals surface area (Å²) in [7, 11) is 0. The van der Waals surface area contributed by atoms with Gasteiger partial charge in [0.15, 0.2) is 0 Å². The van der Waals surface area contributed by atoms with Crippen molar-refractivity contribution in [1.29, 1.82) is 0 Å². The van der Waals surface area contributed by atoms with Gasteiger partial charge in [0.1, 0.15) is 6.33 Å². The molecular formula is C16H17N5. The lowest BCUT2D eigenvalue weighted by atomic mass is 10.1. The number of aryl methyl sites for hydroxylation is 2. The first-order valence-electron chi connectivity index (χ1n) is 6.86. The van der Waals surface area contributed by atoms with Crippen LogP contribution in [0.2, 0.25) is 0 Å². The summed E-state index contributed by atoms with van der Waals surface area (Å²) in [6.45, 7) is 5.00. The molecule has 106 valence electrons. The number of nitrogens with zero attached hydrogens (tertiary/aromatic N) is 4. The topological polar surface area (TPSA) is 55.6 Å². The van der Waals surface area contributed by atoms with Crippen molar-refractivity contribution in [2.24, 2.45) is 0 Å². The Balaban J connectivity index is 1.76. The predicted molar refractivity (Wildman–Crippen MR) is 82.4 cm³/mol. The van der Waals surface area contributed by atoms with Crippen molar-refractivity contribution in [2.75, 3.05) is 5.32 Å². The number of aromatic nitrogens is 4. The van der Waals surface area contributed by atoms with Crippen molar-refractivity contribution in [3.8, 4) is 5.69 Å². The highest BCUT2D eigenvalue weighted by molar-refractivity contribution is 5.53. The highest BCUT2D eigenvalue weighted by Gasteiger charge is 2.04. The quantitative estimate of drug-likeness (QED) is 0.798. The molecule has 0 radical (unpaired) electrons. The molecule has 1 aromatic heterocycles. The van der Waals surface area contributed by atoms with E-state index >= 15 is 0 Å². The van der Waals surface area contributed by atoms with Gasteiger partial charge in [0.05, 0.1) is 5.69 Å². The standard InChI is InChI=1S/C16H17N5/c1-12-5-3-4-6-14(12)10-17-15-7-8-16(13(2)9-15)21-11-18-19-20-21/h3-9,11,17H,10H2,1-2H3. The second kappa shape index (κ2) is 5.75. The molecule has 1 heterocycles. The lowest BCUT2D eigenvalue weighted by molar-refractivity contribution is 0.785. The smallest absolute Gasteiger partial charge is 0.143 e. The van der Waals surface area contributed by atoms with Crippen LogP contribution in [0.5, 0.6) is 0 Å². The highest BCUT2D eigenvalue weighted by atomic mass is 15.5.